The van der Waals surface area contributed by atoms with E-state index in [9.17, 15) is 4.79 Å². The van der Waals surface area contributed by atoms with Crippen molar-refractivity contribution >= 4 is 34.4 Å². The molecule has 394 valence electrons. The SMILES string of the molecule is CCN(CC)c1ccc2c(-c3ccccc3C(=O)O[C@H]3CC[C@]4(C)[C@H]5C(=O)C=C6[C@@H]7C[C@@](C)(C(=O)OCc8ccccc8)CC[C@]7(C)CC[C@@]6(C)[C@]5(C)CC[C@H]4C3(C)C)c3ccc(=[N+](CC)CC)cc-3oc2c1.[Cl-]. The average molecular weight is 1020 g/mol. The first-order valence-electron chi connectivity index (χ1n) is 27.9. The van der Waals surface area contributed by atoms with Crippen molar-refractivity contribution in [2.45, 2.75) is 147 Å². The summed E-state index contributed by atoms with van der Waals surface area (Å²) < 4.78 is 22.1. The molecule has 9 heteroatoms. The molecule has 4 fully saturated rings. The number of carbonyl (C=O) groups excluding carboxylic acids is 3. The van der Waals surface area contributed by atoms with Crippen LogP contribution < -0.4 is 27.2 Å². The van der Waals surface area contributed by atoms with Crippen molar-refractivity contribution in [3.63, 3.8) is 0 Å². The van der Waals surface area contributed by atoms with Gasteiger partial charge in [0.1, 0.15) is 37.1 Å². The third-order valence-corrected chi connectivity index (χ3v) is 20.8. The molecule has 0 radical (unpaired) electrons. The molecule has 0 N–H and O–H groups in total. The molecule has 1 heterocycles. The zero-order valence-corrected chi connectivity index (χ0v) is 46.9. The summed E-state index contributed by atoms with van der Waals surface area (Å²) in [6, 6.07) is 30.8. The minimum Gasteiger partial charge on any atom is -1.00 e. The van der Waals surface area contributed by atoms with Gasteiger partial charge in [0, 0.05) is 58.8 Å². The topological polar surface area (TPSA) is 89.1 Å². The smallest absolute Gasteiger partial charge is 0.339 e. The number of halogens is 1. The number of ether oxygens (including phenoxy) is 2. The zero-order valence-electron chi connectivity index (χ0n) is 46.2. The van der Waals surface area contributed by atoms with Gasteiger partial charge in [-0.15, -0.1) is 0 Å². The number of carbonyl (C=O) groups is 3. The maximum Gasteiger partial charge on any atom is 0.339 e. The normalized spacial score (nSPS) is 30.9. The van der Waals surface area contributed by atoms with Crippen LogP contribution in [0.1, 0.15) is 150 Å². The fourth-order valence-electron chi connectivity index (χ4n) is 16.2. The largest absolute Gasteiger partial charge is 1.00 e. The summed E-state index contributed by atoms with van der Waals surface area (Å²) in [7, 11) is 0. The van der Waals surface area contributed by atoms with Crippen molar-refractivity contribution in [2.75, 3.05) is 31.1 Å². The summed E-state index contributed by atoms with van der Waals surface area (Å²) in [6.45, 7) is 28.9. The van der Waals surface area contributed by atoms with Gasteiger partial charge in [-0.25, -0.2) is 9.37 Å². The maximum atomic E-state index is 15.3. The summed E-state index contributed by atoms with van der Waals surface area (Å²) in [5, 5.41) is 2.05. The minimum absolute atomic E-state index is 0. The predicted octanol–water partition coefficient (Wildman–Crippen LogP) is 11.1. The molecule has 10 rings (SSSR count). The van der Waals surface area contributed by atoms with Crippen LogP contribution in [0.25, 0.3) is 33.4 Å². The Hall–Kier alpha value is -5.21. The molecule has 0 saturated heterocycles. The molecule has 9 atom stereocenters. The molecule has 8 nitrogen and oxygen atoms in total. The molecule has 0 spiro atoms. The van der Waals surface area contributed by atoms with Gasteiger partial charge in [0.05, 0.1) is 17.0 Å². The summed E-state index contributed by atoms with van der Waals surface area (Å²) in [4.78, 5) is 46.7. The van der Waals surface area contributed by atoms with Crippen molar-refractivity contribution in [3.8, 4) is 22.5 Å². The lowest BCUT2D eigenvalue weighted by Crippen LogP contribution is -3.00. The van der Waals surface area contributed by atoms with E-state index in [1.165, 1.54) is 5.57 Å². The quantitative estimate of drug-likeness (QED) is 0.0740. The third-order valence-electron chi connectivity index (χ3n) is 20.8. The molecule has 3 aromatic rings. The van der Waals surface area contributed by atoms with Gasteiger partial charge < -0.3 is 31.2 Å². The molecule has 1 aliphatic heterocycles. The number of rotatable bonds is 11. The van der Waals surface area contributed by atoms with Crippen LogP contribution in [-0.4, -0.2) is 50.0 Å². The summed E-state index contributed by atoms with van der Waals surface area (Å²) in [5.41, 5.74) is 5.70. The Balaban J connectivity index is 0.00000672. The van der Waals surface area contributed by atoms with Crippen LogP contribution in [0.2, 0.25) is 0 Å². The number of allylic oxidation sites excluding steroid dienone is 2. The summed E-state index contributed by atoms with van der Waals surface area (Å²) >= 11 is 0. The summed E-state index contributed by atoms with van der Waals surface area (Å²) in [5.74, 6) is 0.726. The fourth-order valence-corrected chi connectivity index (χ4v) is 16.2. The molecule has 3 aromatic carbocycles. The van der Waals surface area contributed by atoms with E-state index < -0.39 is 10.8 Å². The second kappa shape index (κ2) is 19.7. The van der Waals surface area contributed by atoms with Crippen molar-refractivity contribution in [3.05, 3.63) is 119 Å². The Morgan fingerprint density at radius 1 is 0.757 bits per heavy atom. The number of fused-ring (bicyclic) bond motifs is 9. The highest BCUT2D eigenvalue weighted by molar-refractivity contribution is 6.08. The predicted molar refractivity (Wildman–Crippen MR) is 293 cm³/mol. The Bertz CT molecular complexity index is 3040. The van der Waals surface area contributed by atoms with Gasteiger partial charge in [-0.05, 0) is 167 Å². The molecular weight excluding hydrogens is 940 g/mol. The molecule has 0 amide bonds. The molecule has 7 aliphatic rings. The van der Waals surface area contributed by atoms with Crippen LogP contribution in [0.5, 0.6) is 0 Å². The van der Waals surface area contributed by atoms with Gasteiger partial charge >= 0.3 is 11.9 Å². The highest BCUT2D eigenvalue weighted by atomic mass is 35.5. The molecule has 0 bridgehead atoms. The van der Waals surface area contributed by atoms with E-state index in [0.717, 1.165) is 121 Å². The minimum atomic E-state index is -0.619. The van der Waals surface area contributed by atoms with Crippen LogP contribution >= 0.6 is 0 Å². The number of nitrogens with zero attached hydrogens (tertiary/aromatic N) is 2. The lowest BCUT2D eigenvalue weighted by atomic mass is 9.33. The molecule has 0 aromatic heterocycles. The van der Waals surface area contributed by atoms with Gasteiger partial charge in [0.25, 0.3) is 0 Å². The third kappa shape index (κ3) is 8.47. The molecule has 4 saturated carbocycles. The number of ketones is 1. The van der Waals surface area contributed by atoms with Crippen molar-refractivity contribution in [1.29, 1.82) is 0 Å². The first kappa shape index (κ1) is 53.6. The Kier molecular flexibility index (Phi) is 14.3. The van der Waals surface area contributed by atoms with Crippen LogP contribution in [-0.2, 0) is 25.7 Å². The van der Waals surface area contributed by atoms with Gasteiger partial charge in [0.15, 0.2) is 5.78 Å². The maximum absolute atomic E-state index is 15.3. The van der Waals surface area contributed by atoms with E-state index in [0.29, 0.717) is 18.4 Å². The van der Waals surface area contributed by atoms with E-state index in [1.54, 1.807) is 0 Å². The van der Waals surface area contributed by atoms with Gasteiger partial charge in [-0.1, -0.05) is 95.6 Å². The number of esters is 2. The molecule has 74 heavy (non-hydrogen) atoms. The van der Waals surface area contributed by atoms with Crippen molar-refractivity contribution in [2.24, 2.45) is 50.2 Å². The zero-order chi connectivity index (χ0) is 51.9. The number of benzene rings is 4. The average Bonchev–Trinajstić information content (AvgIpc) is 3.37. The van der Waals surface area contributed by atoms with Crippen LogP contribution in [0.3, 0.4) is 0 Å². The number of anilines is 1. The van der Waals surface area contributed by atoms with Crippen molar-refractivity contribution in [1.82, 2.24) is 4.58 Å². The number of hydrogen-bond acceptors (Lipinski definition) is 7. The van der Waals surface area contributed by atoms with Gasteiger partial charge in [-0.2, -0.15) is 0 Å². The molecule has 0 unspecified atom stereocenters. The van der Waals surface area contributed by atoms with E-state index >= 15 is 9.59 Å². The Morgan fingerprint density at radius 3 is 2.18 bits per heavy atom. The Morgan fingerprint density at radius 2 is 1.46 bits per heavy atom. The highest BCUT2D eigenvalue weighted by Gasteiger charge is 2.70. The highest BCUT2D eigenvalue weighted by Crippen LogP contribution is 2.75. The van der Waals surface area contributed by atoms with E-state index in [1.807, 2.05) is 48.5 Å². The van der Waals surface area contributed by atoms with Crippen molar-refractivity contribution < 1.29 is 40.7 Å². The van der Waals surface area contributed by atoms with Crippen LogP contribution in [0.4, 0.5) is 5.69 Å². The first-order valence-corrected chi connectivity index (χ1v) is 27.9. The second-order valence-electron chi connectivity index (χ2n) is 24.8. The monoisotopic (exact) mass is 1020 g/mol. The fraction of sp³-hybridized carbons (Fsp3) is 0.538. The van der Waals surface area contributed by atoms with Gasteiger partial charge in [0.2, 0.25) is 5.36 Å². The molecule has 6 aliphatic carbocycles. The van der Waals surface area contributed by atoms with E-state index in [-0.39, 0.29) is 82.3 Å². The Labute approximate surface area is 447 Å². The standard InChI is InChI=1S/C65H81N2O6.ClH/c1-12-66(13-2)43-25-27-47-52(37-43)72-53-38-44(67(14-3)15-4)26-28-48(53)56(47)45-23-19-20-24-46(45)58(69)73-55-30-31-63(9)54(60(55,5)6)29-32-65(11)57(63)51(68)39-49-50-40-62(8,34-33-61(50,7)35-36-64(49,65)10)59(70)71-41-42-21-17-16-18-22-42;/h16-28,37-39,50,54-55,57H,12-15,29-36,40-41H2,1-11H3;1H/q+1;/p-1/t50-,54-,55-,57+,61+,62-,63-,64+,65+;/m0./s1. The summed E-state index contributed by atoms with van der Waals surface area (Å²) in [6.07, 6.45) is 9.70. The number of hydrogen-bond donors (Lipinski definition) is 0. The lowest BCUT2D eigenvalue weighted by molar-refractivity contribution is -0.203. The lowest BCUT2D eigenvalue weighted by Gasteiger charge is -2.70. The van der Waals surface area contributed by atoms with E-state index in [2.05, 4.69) is 134 Å². The molecular formula is C65H81ClN2O6. The van der Waals surface area contributed by atoms with Crippen LogP contribution in [0, 0.1) is 50.2 Å². The van der Waals surface area contributed by atoms with Gasteiger partial charge in [-0.3, -0.25) is 9.59 Å². The van der Waals surface area contributed by atoms with Crippen LogP contribution in [0.15, 0.2) is 107 Å². The second-order valence-corrected chi connectivity index (χ2v) is 24.8. The first-order chi connectivity index (χ1) is 34.8. The van der Waals surface area contributed by atoms with E-state index in [4.69, 9.17) is 13.9 Å².